The molecular formula is C23H33N3O. The molecule has 1 aliphatic rings. The molecule has 27 heavy (non-hydrogen) atoms. The van der Waals surface area contributed by atoms with Crippen LogP contribution in [0.25, 0.3) is 0 Å². The molecule has 4 N–H and O–H groups in total. The van der Waals surface area contributed by atoms with Gasteiger partial charge in [0.2, 0.25) is 0 Å². The Labute approximate surface area is 163 Å². The van der Waals surface area contributed by atoms with Crippen LogP contribution in [0.2, 0.25) is 0 Å². The number of nitrogens with two attached hydrogens (primary N) is 1. The van der Waals surface area contributed by atoms with Crippen molar-refractivity contribution in [1.29, 1.82) is 0 Å². The van der Waals surface area contributed by atoms with Crippen molar-refractivity contribution in [2.45, 2.75) is 52.0 Å². The van der Waals surface area contributed by atoms with Crippen molar-refractivity contribution in [1.82, 2.24) is 5.32 Å². The second-order valence-corrected chi connectivity index (χ2v) is 7.55. The molecule has 1 aliphatic carbocycles. The van der Waals surface area contributed by atoms with E-state index in [1.54, 1.807) is 0 Å². The van der Waals surface area contributed by atoms with Crippen LogP contribution in [0.4, 0.5) is 11.4 Å². The summed E-state index contributed by atoms with van der Waals surface area (Å²) in [7, 11) is 0. The fourth-order valence-corrected chi connectivity index (χ4v) is 3.66. The largest absolute Gasteiger partial charge is 0.457 e. The van der Waals surface area contributed by atoms with Crippen molar-refractivity contribution >= 4 is 11.4 Å². The van der Waals surface area contributed by atoms with E-state index in [1.807, 2.05) is 30.3 Å². The Morgan fingerprint density at radius 1 is 1.04 bits per heavy atom. The third-order valence-corrected chi connectivity index (χ3v) is 5.25. The zero-order valence-corrected chi connectivity index (χ0v) is 16.5. The molecule has 0 radical (unpaired) electrons. The minimum atomic E-state index is 0.764. The number of rotatable bonds is 9. The standard InChI is InChI=1S/C23H33N3O/c1-2-13-25-17-19-14-22(11-12-23(19)24)27-21-10-6-9-20(15-21)26-16-18-7-4-3-5-8-18/h6,9-12,14-15,18,25-26H,2-5,7-8,13,16-17,24H2,1H3. The van der Waals surface area contributed by atoms with E-state index in [9.17, 15) is 0 Å². The van der Waals surface area contributed by atoms with Crippen LogP contribution in [0, 0.1) is 5.92 Å². The third kappa shape index (κ3) is 6.17. The van der Waals surface area contributed by atoms with Gasteiger partial charge in [-0.1, -0.05) is 32.3 Å². The highest BCUT2D eigenvalue weighted by molar-refractivity contribution is 5.53. The van der Waals surface area contributed by atoms with Crippen LogP contribution in [-0.4, -0.2) is 13.1 Å². The maximum Gasteiger partial charge on any atom is 0.129 e. The molecule has 0 bridgehead atoms. The first-order valence-electron chi connectivity index (χ1n) is 10.4. The van der Waals surface area contributed by atoms with Gasteiger partial charge < -0.3 is 21.1 Å². The zero-order chi connectivity index (χ0) is 18.9. The Morgan fingerprint density at radius 2 is 1.85 bits per heavy atom. The van der Waals surface area contributed by atoms with E-state index < -0.39 is 0 Å². The molecule has 0 heterocycles. The number of nitrogen functional groups attached to an aromatic ring is 1. The molecule has 2 aromatic carbocycles. The SMILES string of the molecule is CCCNCc1cc(Oc2cccc(NCC3CCCCC3)c2)ccc1N. The highest BCUT2D eigenvalue weighted by Gasteiger charge is 2.13. The van der Waals surface area contributed by atoms with E-state index in [1.165, 1.54) is 32.1 Å². The summed E-state index contributed by atoms with van der Waals surface area (Å²) in [6, 6.07) is 14.1. The number of ether oxygens (including phenoxy) is 1. The molecule has 1 fully saturated rings. The van der Waals surface area contributed by atoms with E-state index in [2.05, 4.69) is 29.7 Å². The van der Waals surface area contributed by atoms with Gasteiger partial charge in [-0.05, 0) is 67.6 Å². The van der Waals surface area contributed by atoms with Crippen molar-refractivity contribution in [3.8, 4) is 11.5 Å². The summed E-state index contributed by atoms with van der Waals surface area (Å²) in [5.41, 5.74) is 9.09. The highest BCUT2D eigenvalue weighted by Crippen LogP contribution is 2.28. The van der Waals surface area contributed by atoms with Gasteiger partial charge >= 0.3 is 0 Å². The van der Waals surface area contributed by atoms with E-state index >= 15 is 0 Å². The van der Waals surface area contributed by atoms with Crippen molar-refractivity contribution < 1.29 is 4.74 Å². The lowest BCUT2D eigenvalue weighted by Crippen LogP contribution is -2.17. The summed E-state index contributed by atoms with van der Waals surface area (Å²) in [6.07, 6.45) is 7.96. The average molecular weight is 368 g/mol. The lowest BCUT2D eigenvalue weighted by molar-refractivity contribution is 0.373. The van der Waals surface area contributed by atoms with Gasteiger partial charge in [-0.2, -0.15) is 0 Å². The van der Waals surface area contributed by atoms with Gasteiger partial charge in [0.15, 0.2) is 0 Å². The van der Waals surface area contributed by atoms with Crippen molar-refractivity contribution in [3.63, 3.8) is 0 Å². The van der Waals surface area contributed by atoms with Gasteiger partial charge in [0.25, 0.3) is 0 Å². The van der Waals surface area contributed by atoms with Crippen LogP contribution in [-0.2, 0) is 6.54 Å². The number of hydrogen-bond acceptors (Lipinski definition) is 4. The first kappa shape index (κ1) is 19.6. The molecule has 0 aliphatic heterocycles. The predicted octanol–water partition coefficient (Wildman–Crippen LogP) is 5.55. The summed E-state index contributed by atoms with van der Waals surface area (Å²) < 4.78 is 6.09. The molecule has 0 aromatic heterocycles. The first-order chi connectivity index (χ1) is 13.2. The minimum absolute atomic E-state index is 0.764. The number of anilines is 2. The smallest absolute Gasteiger partial charge is 0.129 e. The third-order valence-electron chi connectivity index (χ3n) is 5.25. The minimum Gasteiger partial charge on any atom is -0.457 e. The summed E-state index contributed by atoms with van der Waals surface area (Å²) >= 11 is 0. The van der Waals surface area contributed by atoms with Crippen LogP contribution in [0.3, 0.4) is 0 Å². The molecule has 0 spiro atoms. The van der Waals surface area contributed by atoms with Gasteiger partial charge in [-0.3, -0.25) is 0 Å². The Kier molecular flexibility index (Phi) is 7.40. The van der Waals surface area contributed by atoms with E-state index in [4.69, 9.17) is 10.5 Å². The fourth-order valence-electron chi connectivity index (χ4n) is 3.66. The van der Waals surface area contributed by atoms with E-state index in [-0.39, 0.29) is 0 Å². The maximum atomic E-state index is 6.09. The molecule has 0 unspecified atom stereocenters. The topological polar surface area (TPSA) is 59.3 Å². The monoisotopic (exact) mass is 367 g/mol. The predicted molar refractivity (Wildman–Crippen MR) is 114 cm³/mol. The summed E-state index contributed by atoms with van der Waals surface area (Å²) in [6.45, 7) is 4.96. The molecule has 0 atom stereocenters. The average Bonchev–Trinajstić information content (AvgIpc) is 2.70. The number of nitrogens with one attached hydrogen (secondary N) is 2. The molecule has 0 saturated heterocycles. The molecule has 4 heteroatoms. The van der Waals surface area contributed by atoms with Crippen LogP contribution >= 0.6 is 0 Å². The molecule has 1 saturated carbocycles. The Hall–Kier alpha value is -2.20. The van der Waals surface area contributed by atoms with Gasteiger partial charge in [0, 0.05) is 30.5 Å². The van der Waals surface area contributed by atoms with Crippen molar-refractivity contribution in [2.24, 2.45) is 5.92 Å². The van der Waals surface area contributed by atoms with Gasteiger partial charge in [0.1, 0.15) is 11.5 Å². The van der Waals surface area contributed by atoms with Crippen LogP contribution < -0.4 is 21.1 Å². The molecule has 146 valence electrons. The second-order valence-electron chi connectivity index (χ2n) is 7.55. The molecule has 2 aromatic rings. The van der Waals surface area contributed by atoms with Gasteiger partial charge in [-0.25, -0.2) is 0 Å². The Balaban J connectivity index is 1.59. The quantitative estimate of drug-likeness (QED) is 0.401. The van der Waals surface area contributed by atoms with Crippen LogP contribution in [0.15, 0.2) is 42.5 Å². The number of hydrogen-bond donors (Lipinski definition) is 3. The van der Waals surface area contributed by atoms with Gasteiger partial charge in [-0.15, -0.1) is 0 Å². The fraction of sp³-hybridized carbons (Fsp3) is 0.478. The maximum absolute atomic E-state index is 6.09. The highest BCUT2D eigenvalue weighted by atomic mass is 16.5. The summed E-state index contributed by atoms with van der Waals surface area (Å²) in [5, 5.41) is 6.98. The van der Waals surface area contributed by atoms with Crippen molar-refractivity contribution in [3.05, 3.63) is 48.0 Å². The molecular weight excluding hydrogens is 334 g/mol. The molecule has 3 rings (SSSR count). The normalized spacial score (nSPS) is 14.9. The summed E-state index contributed by atoms with van der Waals surface area (Å²) in [4.78, 5) is 0. The zero-order valence-electron chi connectivity index (χ0n) is 16.5. The lowest BCUT2D eigenvalue weighted by atomic mass is 9.89. The summed E-state index contributed by atoms with van der Waals surface area (Å²) in [5.74, 6) is 2.47. The van der Waals surface area contributed by atoms with Crippen LogP contribution in [0.1, 0.15) is 51.0 Å². The van der Waals surface area contributed by atoms with E-state index in [0.29, 0.717) is 0 Å². The van der Waals surface area contributed by atoms with Crippen LogP contribution in [0.5, 0.6) is 11.5 Å². The Bertz CT molecular complexity index is 711. The lowest BCUT2D eigenvalue weighted by Gasteiger charge is -2.22. The molecule has 0 amide bonds. The van der Waals surface area contributed by atoms with E-state index in [0.717, 1.165) is 60.4 Å². The van der Waals surface area contributed by atoms with Crippen molar-refractivity contribution in [2.75, 3.05) is 24.1 Å². The van der Waals surface area contributed by atoms with Gasteiger partial charge in [0.05, 0.1) is 0 Å². The molecule has 4 nitrogen and oxygen atoms in total. The number of benzene rings is 2. The second kappa shape index (κ2) is 10.2. The Morgan fingerprint density at radius 3 is 2.67 bits per heavy atom. The first-order valence-corrected chi connectivity index (χ1v) is 10.4.